The van der Waals surface area contributed by atoms with Crippen LogP contribution in [0.1, 0.15) is 44.6 Å². The smallest absolute Gasteiger partial charge is 0.352 e. The molecule has 2 atom stereocenters. The highest BCUT2D eigenvalue weighted by atomic mass is 32.2. The fourth-order valence-electron chi connectivity index (χ4n) is 5.15. The summed E-state index contributed by atoms with van der Waals surface area (Å²) in [4.78, 5) is 52.7. The first-order valence-corrected chi connectivity index (χ1v) is 14.4. The minimum Gasteiger partial charge on any atom is -0.477 e. The summed E-state index contributed by atoms with van der Waals surface area (Å²) in [6, 6.07) is 8.74. The van der Waals surface area contributed by atoms with E-state index < -0.39 is 29.2 Å². The van der Waals surface area contributed by atoms with Gasteiger partial charge in [0.05, 0.1) is 11.3 Å². The van der Waals surface area contributed by atoms with Gasteiger partial charge < -0.3 is 15.0 Å². The Bertz CT molecular complexity index is 1560. The third-order valence-electron chi connectivity index (χ3n) is 7.00. The Morgan fingerprint density at radius 1 is 1.20 bits per heavy atom. The van der Waals surface area contributed by atoms with E-state index >= 15 is 0 Å². The number of carboxylic acid groups (broad SMARTS) is 1. The summed E-state index contributed by atoms with van der Waals surface area (Å²) in [7, 11) is 1.69. The molecule has 0 spiro atoms. The highest BCUT2D eigenvalue weighted by Crippen LogP contribution is 2.41. The number of tetrazole rings is 1. The third-order valence-corrected chi connectivity index (χ3v) is 9.44. The van der Waals surface area contributed by atoms with Gasteiger partial charge in [-0.05, 0) is 41.0 Å². The number of ketones is 1. The molecule has 0 radical (unpaired) electrons. The molecule has 0 unspecified atom stereocenters. The number of β-lactam (4-membered cyclic amide) rings is 1. The Morgan fingerprint density at radius 2 is 1.93 bits per heavy atom. The summed E-state index contributed by atoms with van der Waals surface area (Å²) in [5, 5.41) is 24.0. The first kappa shape index (κ1) is 27.6. The highest BCUT2D eigenvalue weighted by molar-refractivity contribution is 8.01. The minimum absolute atomic E-state index is 0.0675. The predicted molar refractivity (Wildman–Crippen MR) is 148 cm³/mol. The molecule has 12 nitrogen and oxygen atoms in total. The second-order valence-corrected chi connectivity index (χ2v) is 11.6. The van der Waals surface area contributed by atoms with E-state index in [0.29, 0.717) is 51.3 Å². The van der Waals surface area contributed by atoms with Gasteiger partial charge in [0.1, 0.15) is 17.1 Å². The number of carboxylic acids is 1. The molecule has 2 aliphatic rings. The van der Waals surface area contributed by atoms with Gasteiger partial charge in [0.15, 0.2) is 5.78 Å². The van der Waals surface area contributed by atoms with Crippen molar-refractivity contribution in [1.29, 1.82) is 0 Å². The van der Waals surface area contributed by atoms with Crippen LogP contribution in [-0.4, -0.2) is 81.3 Å². The molecule has 0 aliphatic carbocycles. The van der Waals surface area contributed by atoms with Crippen LogP contribution < -0.4 is 5.32 Å². The van der Waals surface area contributed by atoms with E-state index in [4.69, 9.17) is 0 Å². The van der Waals surface area contributed by atoms with Gasteiger partial charge in [-0.1, -0.05) is 42.1 Å². The number of amides is 2. The van der Waals surface area contributed by atoms with Crippen molar-refractivity contribution in [3.8, 4) is 0 Å². The van der Waals surface area contributed by atoms with Crippen LogP contribution in [0.15, 0.2) is 46.8 Å². The van der Waals surface area contributed by atoms with Gasteiger partial charge in [-0.3, -0.25) is 19.3 Å². The van der Waals surface area contributed by atoms with Crippen LogP contribution >= 0.6 is 23.5 Å². The highest BCUT2D eigenvalue weighted by Gasteiger charge is 2.54. The van der Waals surface area contributed by atoms with Crippen LogP contribution in [0.25, 0.3) is 0 Å². The Balaban J connectivity index is 1.36. The molecule has 2 N–H and O–H groups in total. The molecule has 14 heteroatoms. The number of aryl methyl sites for hydroxylation is 1. The number of thioether (sulfide) groups is 2. The molecular formula is C26H27N7O5S2. The van der Waals surface area contributed by atoms with Gasteiger partial charge in [0.2, 0.25) is 5.16 Å². The normalized spacial score (nSPS) is 18.4. The SMILES string of the molecule is CC(=O)c1c(C)c(C(=O)N[C@@H]2C(=O)N3C(C(=O)O)=C(CSc4nnnn4C)CS[C@H]23)c(C)n1Cc1ccccc1. The number of benzene rings is 1. The van der Waals surface area contributed by atoms with Crippen molar-refractivity contribution in [2.45, 2.75) is 43.9 Å². The van der Waals surface area contributed by atoms with Gasteiger partial charge in [-0.15, -0.1) is 16.9 Å². The van der Waals surface area contributed by atoms with Crippen LogP contribution in [0, 0.1) is 13.8 Å². The van der Waals surface area contributed by atoms with Crippen LogP contribution in [0.4, 0.5) is 0 Å². The molecule has 0 saturated carbocycles. The van der Waals surface area contributed by atoms with Crippen molar-refractivity contribution in [2.75, 3.05) is 11.5 Å². The van der Waals surface area contributed by atoms with Gasteiger partial charge in [-0.25, -0.2) is 9.48 Å². The second kappa shape index (κ2) is 10.9. The molecule has 3 aromatic rings. The summed E-state index contributed by atoms with van der Waals surface area (Å²) in [6.45, 7) is 5.39. The lowest BCUT2D eigenvalue weighted by molar-refractivity contribution is -0.148. The average molecular weight is 582 g/mol. The average Bonchev–Trinajstić information content (AvgIpc) is 3.44. The molecule has 0 bridgehead atoms. The molecule has 1 aromatic carbocycles. The fourth-order valence-corrected chi connectivity index (χ4v) is 7.49. The van der Waals surface area contributed by atoms with Gasteiger partial charge in [0.25, 0.3) is 11.8 Å². The Hall–Kier alpha value is -3.91. The molecule has 4 heterocycles. The standard InChI is InChI=1S/C26H27N7O5S2/c1-13-18(14(2)32(20(13)15(3)34)10-16-8-6-5-7-9-16)22(35)27-19-23(36)33-21(25(37)38)17(11-39-24(19)33)12-40-26-28-29-30-31(26)4/h5-9,19,24H,10-12H2,1-4H3,(H,27,35)(H,37,38)/t19-,24-/m1/s1. The molecule has 40 heavy (non-hydrogen) atoms. The number of rotatable bonds is 9. The van der Waals surface area contributed by atoms with Crippen LogP contribution in [-0.2, 0) is 23.2 Å². The van der Waals surface area contributed by atoms with Crippen molar-refractivity contribution in [3.05, 3.63) is 69.7 Å². The number of hydrogen-bond acceptors (Lipinski definition) is 9. The zero-order valence-corrected chi connectivity index (χ0v) is 23.9. The molecular weight excluding hydrogens is 554 g/mol. The largest absolute Gasteiger partial charge is 0.477 e. The van der Waals surface area contributed by atoms with Crippen molar-refractivity contribution in [1.82, 2.24) is 35.0 Å². The lowest BCUT2D eigenvalue weighted by Crippen LogP contribution is -2.70. The van der Waals surface area contributed by atoms with Gasteiger partial charge in [-0.2, -0.15) is 0 Å². The van der Waals surface area contributed by atoms with E-state index in [1.807, 2.05) is 34.9 Å². The molecule has 2 aromatic heterocycles. The number of hydrogen-bond donors (Lipinski definition) is 2. The van der Waals surface area contributed by atoms with E-state index in [-0.39, 0.29) is 11.5 Å². The maximum Gasteiger partial charge on any atom is 0.352 e. The van der Waals surface area contributed by atoms with Crippen LogP contribution in [0.3, 0.4) is 0 Å². The number of nitrogens with zero attached hydrogens (tertiary/aromatic N) is 6. The molecule has 2 amide bonds. The summed E-state index contributed by atoms with van der Waals surface area (Å²) >= 11 is 2.68. The Kier molecular flexibility index (Phi) is 7.55. The van der Waals surface area contributed by atoms with Crippen LogP contribution in [0.2, 0.25) is 0 Å². The first-order valence-electron chi connectivity index (χ1n) is 12.4. The topological polar surface area (TPSA) is 152 Å². The summed E-state index contributed by atoms with van der Waals surface area (Å²) < 4.78 is 3.31. The van der Waals surface area contributed by atoms with Gasteiger partial charge in [0, 0.05) is 37.7 Å². The molecule has 1 fully saturated rings. The quantitative estimate of drug-likeness (QED) is 0.218. The maximum absolute atomic E-state index is 13.5. The van der Waals surface area contributed by atoms with E-state index in [9.17, 15) is 24.3 Å². The number of carbonyl (C=O) groups excluding carboxylic acids is 3. The maximum atomic E-state index is 13.5. The predicted octanol–water partition coefficient (Wildman–Crippen LogP) is 2.02. The van der Waals surface area contributed by atoms with Crippen molar-refractivity contribution in [2.24, 2.45) is 7.05 Å². The number of Topliss-reactive ketones (excluding diaryl/α,β-unsaturated/α-hetero) is 1. The molecule has 1 saturated heterocycles. The van der Waals surface area contributed by atoms with Crippen LogP contribution in [0.5, 0.6) is 0 Å². The number of fused-ring (bicyclic) bond motifs is 1. The number of aromatic nitrogens is 5. The fraction of sp³-hybridized carbons (Fsp3) is 0.346. The lowest BCUT2D eigenvalue weighted by Gasteiger charge is -2.49. The molecule has 208 valence electrons. The lowest BCUT2D eigenvalue weighted by atomic mass is 10.0. The van der Waals surface area contributed by atoms with E-state index in [1.165, 1.54) is 40.0 Å². The zero-order chi connectivity index (χ0) is 28.7. The van der Waals surface area contributed by atoms with Crippen molar-refractivity contribution >= 4 is 47.1 Å². The number of nitrogens with one attached hydrogen (secondary N) is 1. The summed E-state index contributed by atoms with van der Waals surface area (Å²) in [6.07, 6.45) is 0. The Morgan fingerprint density at radius 3 is 2.55 bits per heavy atom. The van der Waals surface area contributed by atoms with Crippen molar-refractivity contribution in [3.63, 3.8) is 0 Å². The zero-order valence-electron chi connectivity index (χ0n) is 22.2. The first-order chi connectivity index (χ1) is 19.1. The van der Waals surface area contributed by atoms with Gasteiger partial charge >= 0.3 is 5.97 Å². The minimum atomic E-state index is -1.20. The number of aliphatic carboxylic acids is 1. The summed E-state index contributed by atoms with van der Waals surface area (Å²) in [5.41, 5.74) is 3.44. The second-order valence-electron chi connectivity index (χ2n) is 9.55. The van der Waals surface area contributed by atoms with E-state index in [1.54, 1.807) is 20.9 Å². The molecule has 5 rings (SSSR count). The van der Waals surface area contributed by atoms with E-state index in [2.05, 4.69) is 20.8 Å². The van der Waals surface area contributed by atoms with Crippen molar-refractivity contribution < 1.29 is 24.3 Å². The molecule has 2 aliphatic heterocycles. The van der Waals surface area contributed by atoms with E-state index in [0.717, 1.165) is 5.56 Å². The monoisotopic (exact) mass is 581 g/mol. The number of carbonyl (C=O) groups is 4. The third kappa shape index (κ3) is 4.81. The Labute approximate surface area is 238 Å². The summed E-state index contributed by atoms with van der Waals surface area (Å²) in [5.74, 6) is -1.65.